The Morgan fingerprint density at radius 1 is 1.33 bits per heavy atom. The van der Waals surface area contributed by atoms with E-state index in [4.69, 9.17) is 10.8 Å². The Morgan fingerprint density at radius 3 is 2.47 bits per heavy atom. The highest BCUT2D eigenvalue weighted by atomic mass is 16.3. The average Bonchev–Trinajstić information content (AvgIpc) is 2.17. The summed E-state index contributed by atoms with van der Waals surface area (Å²) in [6.45, 7) is 3.63. The highest BCUT2D eigenvalue weighted by molar-refractivity contribution is 5.32. The molecule has 3 heteroatoms. The number of hydrogen-bond acceptors (Lipinski definition) is 3. The molecule has 0 aromatic heterocycles. The minimum absolute atomic E-state index is 0.223. The van der Waals surface area contributed by atoms with Crippen molar-refractivity contribution in [2.45, 2.75) is 31.9 Å². The first-order valence-corrected chi connectivity index (χ1v) is 5.11. The van der Waals surface area contributed by atoms with Crippen LogP contribution in [0.5, 0.6) is 0 Å². The van der Waals surface area contributed by atoms with Crippen molar-refractivity contribution in [2.24, 2.45) is 5.73 Å². The van der Waals surface area contributed by atoms with Crippen molar-refractivity contribution in [3.63, 3.8) is 0 Å². The highest BCUT2D eigenvalue weighted by Crippen LogP contribution is 2.22. The van der Waals surface area contributed by atoms with Crippen molar-refractivity contribution in [3.05, 3.63) is 35.4 Å². The fourth-order valence-corrected chi connectivity index (χ4v) is 1.65. The molecule has 1 unspecified atom stereocenters. The molecule has 0 aliphatic heterocycles. The average molecular weight is 209 g/mol. The third-order valence-corrected chi connectivity index (χ3v) is 2.38. The zero-order chi connectivity index (χ0) is 11.5. The molecule has 0 bridgehead atoms. The SMILES string of the molecule is CC(C)(N)c1ccccc1CC(O)CO. The lowest BCUT2D eigenvalue weighted by Gasteiger charge is -2.23. The number of aliphatic hydroxyl groups excluding tert-OH is 2. The Morgan fingerprint density at radius 2 is 1.93 bits per heavy atom. The molecule has 1 aromatic rings. The summed E-state index contributed by atoms with van der Waals surface area (Å²) in [5.74, 6) is 0. The van der Waals surface area contributed by atoms with Crippen LogP contribution in [-0.2, 0) is 12.0 Å². The van der Waals surface area contributed by atoms with Gasteiger partial charge < -0.3 is 15.9 Å². The van der Waals surface area contributed by atoms with Gasteiger partial charge in [-0.25, -0.2) is 0 Å². The Labute approximate surface area is 90.5 Å². The van der Waals surface area contributed by atoms with E-state index < -0.39 is 11.6 Å². The van der Waals surface area contributed by atoms with Gasteiger partial charge >= 0.3 is 0 Å². The normalized spacial score (nSPS) is 13.9. The summed E-state index contributed by atoms with van der Waals surface area (Å²) in [7, 11) is 0. The van der Waals surface area contributed by atoms with E-state index in [0.717, 1.165) is 11.1 Å². The monoisotopic (exact) mass is 209 g/mol. The van der Waals surface area contributed by atoms with E-state index in [2.05, 4.69) is 0 Å². The van der Waals surface area contributed by atoms with Crippen molar-refractivity contribution >= 4 is 0 Å². The van der Waals surface area contributed by atoms with Crippen LogP contribution in [0.4, 0.5) is 0 Å². The molecule has 84 valence electrons. The lowest BCUT2D eigenvalue weighted by atomic mass is 9.89. The van der Waals surface area contributed by atoms with E-state index in [1.807, 2.05) is 38.1 Å². The summed E-state index contributed by atoms with van der Waals surface area (Å²) in [5, 5.41) is 18.2. The van der Waals surface area contributed by atoms with Crippen LogP contribution in [0.3, 0.4) is 0 Å². The Hall–Kier alpha value is -0.900. The van der Waals surface area contributed by atoms with Crippen LogP contribution < -0.4 is 5.73 Å². The van der Waals surface area contributed by atoms with Gasteiger partial charge in [0, 0.05) is 12.0 Å². The third-order valence-electron chi connectivity index (χ3n) is 2.38. The van der Waals surface area contributed by atoms with Crippen molar-refractivity contribution in [3.8, 4) is 0 Å². The predicted molar refractivity (Wildman–Crippen MR) is 60.5 cm³/mol. The van der Waals surface area contributed by atoms with Crippen LogP contribution in [0.25, 0.3) is 0 Å². The summed E-state index contributed by atoms with van der Waals surface area (Å²) in [5.41, 5.74) is 7.61. The van der Waals surface area contributed by atoms with Gasteiger partial charge in [0.05, 0.1) is 12.7 Å². The first-order chi connectivity index (χ1) is 6.95. The molecule has 4 N–H and O–H groups in total. The summed E-state index contributed by atoms with van der Waals surface area (Å²) < 4.78 is 0. The van der Waals surface area contributed by atoms with Crippen molar-refractivity contribution in [1.82, 2.24) is 0 Å². The molecule has 3 nitrogen and oxygen atoms in total. The highest BCUT2D eigenvalue weighted by Gasteiger charge is 2.18. The van der Waals surface area contributed by atoms with E-state index >= 15 is 0 Å². The van der Waals surface area contributed by atoms with Gasteiger partial charge in [0.2, 0.25) is 0 Å². The molecule has 0 spiro atoms. The van der Waals surface area contributed by atoms with Crippen LogP contribution in [0.15, 0.2) is 24.3 Å². The van der Waals surface area contributed by atoms with Crippen LogP contribution in [0.2, 0.25) is 0 Å². The number of benzene rings is 1. The lowest BCUT2D eigenvalue weighted by molar-refractivity contribution is 0.0951. The van der Waals surface area contributed by atoms with Crippen LogP contribution >= 0.6 is 0 Å². The maximum atomic E-state index is 9.41. The van der Waals surface area contributed by atoms with Crippen molar-refractivity contribution in [2.75, 3.05) is 6.61 Å². The number of rotatable bonds is 4. The largest absolute Gasteiger partial charge is 0.394 e. The fourth-order valence-electron chi connectivity index (χ4n) is 1.65. The minimum Gasteiger partial charge on any atom is -0.394 e. The van der Waals surface area contributed by atoms with Gasteiger partial charge in [-0.15, -0.1) is 0 Å². The smallest absolute Gasteiger partial charge is 0.0811 e. The van der Waals surface area contributed by atoms with Gasteiger partial charge in [-0.1, -0.05) is 24.3 Å². The van der Waals surface area contributed by atoms with E-state index in [9.17, 15) is 5.11 Å². The van der Waals surface area contributed by atoms with E-state index in [0.29, 0.717) is 6.42 Å². The molecule has 0 amide bonds. The summed E-state index contributed by atoms with van der Waals surface area (Å²) in [6.07, 6.45) is -0.277. The topological polar surface area (TPSA) is 66.5 Å². The summed E-state index contributed by atoms with van der Waals surface area (Å²) >= 11 is 0. The van der Waals surface area contributed by atoms with Gasteiger partial charge in [0.15, 0.2) is 0 Å². The zero-order valence-electron chi connectivity index (χ0n) is 9.27. The number of nitrogens with two attached hydrogens (primary N) is 1. The molecule has 15 heavy (non-hydrogen) atoms. The van der Waals surface area contributed by atoms with Crippen molar-refractivity contribution in [1.29, 1.82) is 0 Å². The molecular weight excluding hydrogens is 190 g/mol. The maximum absolute atomic E-state index is 9.41. The first kappa shape index (κ1) is 12.2. The second-order valence-electron chi connectivity index (χ2n) is 4.42. The van der Waals surface area contributed by atoms with Gasteiger partial charge in [-0.2, -0.15) is 0 Å². The summed E-state index contributed by atoms with van der Waals surface area (Å²) in [4.78, 5) is 0. The number of hydrogen-bond donors (Lipinski definition) is 3. The van der Waals surface area contributed by atoms with Gasteiger partial charge in [-0.05, 0) is 25.0 Å². The molecule has 0 heterocycles. The molecule has 1 aromatic carbocycles. The van der Waals surface area contributed by atoms with Gasteiger partial charge in [0.1, 0.15) is 0 Å². The minimum atomic E-state index is -0.714. The molecule has 1 rings (SSSR count). The molecule has 0 aliphatic rings. The lowest BCUT2D eigenvalue weighted by Crippen LogP contribution is -2.31. The Bertz CT molecular complexity index is 318. The first-order valence-electron chi connectivity index (χ1n) is 5.11. The van der Waals surface area contributed by atoms with Crippen LogP contribution in [-0.4, -0.2) is 22.9 Å². The maximum Gasteiger partial charge on any atom is 0.0811 e. The van der Waals surface area contributed by atoms with E-state index in [1.165, 1.54) is 0 Å². The van der Waals surface area contributed by atoms with Gasteiger partial charge in [0.25, 0.3) is 0 Å². The quantitative estimate of drug-likeness (QED) is 0.686. The van der Waals surface area contributed by atoms with Crippen molar-refractivity contribution < 1.29 is 10.2 Å². The molecule has 0 saturated carbocycles. The second-order valence-corrected chi connectivity index (χ2v) is 4.42. The molecular formula is C12H19NO2. The van der Waals surface area contributed by atoms with Crippen LogP contribution in [0, 0.1) is 0 Å². The molecule has 0 fully saturated rings. The Balaban J connectivity index is 2.97. The molecule has 0 aliphatic carbocycles. The molecule has 0 saturated heterocycles. The fraction of sp³-hybridized carbons (Fsp3) is 0.500. The summed E-state index contributed by atoms with van der Waals surface area (Å²) in [6, 6.07) is 7.73. The molecule has 0 radical (unpaired) electrons. The van der Waals surface area contributed by atoms with Gasteiger partial charge in [-0.3, -0.25) is 0 Å². The Kier molecular flexibility index (Phi) is 3.85. The third kappa shape index (κ3) is 3.30. The van der Waals surface area contributed by atoms with E-state index in [1.54, 1.807) is 0 Å². The van der Waals surface area contributed by atoms with Crippen LogP contribution in [0.1, 0.15) is 25.0 Å². The standard InChI is InChI=1S/C12H19NO2/c1-12(2,13)11-6-4-3-5-9(11)7-10(15)8-14/h3-6,10,14-15H,7-8,13H2,1-2H3. The second kappa shape index (κ2) is 4.75. The number of aliphatic hydroxyl groups is 2. The van der Waals surface area contributed by atoms with E-state index in [-0.39, 0.29) is 6.61 Å². The predicted octanol–water partition coefficient (Wildman–Crippen LogP) is 0.776. The zero-order valence-corrected chi connectivity index (χ0v) is 9.27. The molecule has 1 atom stereocenters.